The van der Waals surface area contributed by atoms with Gasteiger partial charge < -0.3 is 10.1 Å². The van der Waals surface area contributed by atoms with Crippen LogP contribution in [0.5, 0.6) is 5.75 Å². The first-order valence-corrected chi connectivity index (χ1v) is 9.59. The quantitative estimate of drug-likeness (QED) is 0.457. The molecule has 0 bridgehead atoms. The van der Waals surface area contributed by atoms with Gasteiger partial charge in [0.25, 0.3) is 6.43 Å². The van der Waals surface area contributed by atoms with Crippen LogP contribution in [-0.2, 0) is 10.8 Å². The van der Waals surface area contributed by atoms with Gasteiger partial charge in [-0.3, -0.25) is 4.21 Å². The highest BCUT2D eigenvalue weighted by atomic mass is 35.5. The smallest absolute Gasteiger partial charge is 0.400 e. The van der Waals surface area contributed by atoms with Crippen molar-refractivity contribution >= 4 is 28.2 Å². The Bertz CT molecular complexity index is 898. The Morgan fingerprint density at radius 2 is 1.97 bits per heavy atom. The molecule has 0 spiro atoms. The predicted molar refractivity (Wildman–Crippen MR) is 94.5 cm³/mol. The van der Waals surface area contributed by atoms with E-state index >= 15 is 0 Å². The number of alkyl halides is 5. The molecule has 1 unspecified atom stereocenters. The van der Waals surface area contributed by atoms with Crippen LogP contribution >= 0.6 is 11.6 Å². The van der Waals surface area contributed by atoms with E-state index < -0.39 is 46.4 Å². The molecule has 0 aliphatic heterocycles. The lowest BCUT2D eigenvalue weighted by molar-refractivity contribution is -0.105. The number of nitrogens with zero attached hydrogens (tertiary/aromatic N) is 2. The standard InChI is InChI=1S/C16H14ClF6N3O2S/c1-8-4-9(18)10(5-11(8)29(27)6-16(21,22)23)28-3-2-24-15-12(17)13(14(19)20)25-7-26-15/h4-5,7,14H,2-3,6H2,1H3,(H,24,25,26). The van der Waals surface area contributed by atoms with Crippen LogP contribution in [0, 0.1) is 12.7 Å². The van der Waals surface area contributed by atoms with Crippen molar-refractivity contribution in [3.63, 3.8) is 0 Å². The van der Waals surface area contributed by atoms with Gasteiger partial charge in [0.2, 0.25) is 0 Å². The van der Waals surface area contributed by atoms with Crippen LogP contribution in [0.2, 0.25) is 5.02 Å². The van der Waals surface area contributed by atoms with Crippen molar-refractivity contribution in [2.75, 3.05) is 24.2 Å². The van der Waals surface area contributed by atoms with Crippen LogP contribution in [0.1, 0.15) is 17.7 Å². The number of anilines is 1. The normalized spacial score (nSPS) is 12.9. The van der Waals surface area contributed by atoms with Crippen LogP contribution in [0.25, 0.3) is 0 Å². The minimum Gasteiger partial charge on any atom is -0.489 e. The van der Waals surface area contributed by atoms with E-state index in [-0.39, 0.29) is 34.5 Å². The molecular weight excluding hydrogens is 448 g/mol. The SMILES string of the molecule is Cc1cc(F)c(OCCNc2ncnc(C(F)F)c2Cl)cc1S(=O)CC(F)(F)F. The number of aromatic nitrogens is 2. The lowest BCUT2D eigenvalue weighted by Gasteiger charge is -2.13. The molecule has 1 N–H and O–H groups in total. The molecule has 0 saturated carbocycles. The predicted octanol–water partition coefficient (Wildman–Crippen LogP) is 4.68. The fraction of sp³-hybridized carbons (Fsp3) is 0.375. The highest BCUT2D eigenvalue weighted by Crippen LogP contribution is 2.30. The van der Waals surface area contributed by atoms with Gasteiger partial charge in [0, 0.05) is 4.90 Å². The van der Waals surface area contributed by atoms with E-state index in [0.29, 0.717) is 0 Å². The maximum Gasteiger partial charge on any atom is 0.400 e. The fourth-order valence-corrected chi connectivity index (χ4v) is 3.56. The van der Waals surface area contributed by atoms with E-state index in [2.05, 4.69) is 15.3 Å². The molecule has 2 rings (SSSR count). The molecule has 0 aliphatic carbocycles. The zero-order chi connectivity index (χ0) is 21.8. The number of hydrogen-bond acceptors (Lipinski definition) is 5. The minimum atomic E-state index is -4.65. The van der Waals surface area contributed by atoms with Crippen LogP contribution in [0.4, 0.5) is 32.2 Å². The lowest BCUT2D eigenvalue weighted by Crippen LogP contribution is -2.19. The maximum atomic E-state index is 14.0. The molecule has 1 aromatic carbocycles. The molecule has 5 nitrogen and oxygen atoms in total. The minimum absolute atomic E-state index is 0.0479. The Morgan fingerprint density at radius 1 is 1.28 bits per heavy atom. The third-order valence-corrected chi connectivity index (χ3v) is 5.34. The highest BCUT2D eigenvalue weighted by molar-refractivity contribution is 7.85. The largest absolute Gasteiger partial charge is 0.489 e. The average Bonchev–Trinajstić information content (AvgIpc) is 2.59. The first kappa shape index (κ1) is 23.2. The summed E-state index contributed by atoms with van der Waals surface area (Å²) in [6.07, 6.45) is -6.66. The number of rotatable bonds is 8. The number of hydrogen-bond donors (Lipinski definition) is 1. The Morgan fingerprint density at radius 3 is 2.59 bits per heavy atom. The second-order valence-electron chi connectivity index (χ2n) is 5.65. The number of aryl methyl sites for hydroxylation is 1. The van der Waals surface area contributed by atoms with E-state index in [1.54, 1.807) is 0 Å². The summed E-state index contributed by atoms with van der Waals surface area (Å²) in [4.78, 5) is 6.86. The fourth-order valence-electron chi connectivity index (χ4n) is 2.21. The lowest BCUT2D eigenvalue weighted by atomic mass is 10.2. The van der Waals surface area contributed by atoms with Gasteiger partial charge in [-0.2, -0.15) is 13.2 Å². The topological polar surface area (TPSA) is 64.1 Å². The Labute approximate surface area is 168 Å². The molecule has 2 aromatic rings. The van der Waals surface area contributed by atoms with Gasteiger partial charge in [0.1, 0.15) is 35.2 Å². The van der Waals surface area contributed by atoms with Gasteiger partial charge in [-0.05, 0) is 24.6 Å². The van der Waals surface area contributed by atoms with Crippen LogP contribution in [0.3, 0.4) is 0 Å². The monoisotopic (exact) mass is 461 g/mol. The van der Waals surface area contributed by atoms with Crippen LogP contribution in [-0.4, -0.2) is 39.3 Å². The average molecular weight is 462 g/mol. The molecule has 1 atom stereocenters. The van der Waals surface area contributed by atoms with E-state index in [4.69, 9.17) is 16.3 Å². The van der Waals surface area contributed by atoms with Gasteiger partial charge in [-0.25, -0.2) is 23.1 Å². The second kappa shape index (κ2) is 9.61. The summed E-state index contributed by atoms with van der Waals surface area (Å²) in [5.74, 6) is -2.91. The number of benzene rings is 1. The summed E-state index contributed by atoms with van der Waals surface area (Å²) < 4.78 is 93.9. The van der Waals surface area contributed by atoms with Crippen LogP contribution in [0.15, 0.2) is 23.4 Å². The van der Waals surface area contributed by atoms with Crippen molar-refractivity contribution in [3.8, 4) is 5.75 Å². The third kappa shape index (κ3) is 6.46. The Hall–Kier alpha value is -2.08. The summed E-state index contributed by atoms with van der Waals surface area (Å²) >= 11 is 5.76. The van der Waals surface area contributed by atoms with Crippen molar-refractivity contribution in [3.05, 3.63) is 40.6 Å². The van der Waals surface area contributed by atoms with Gasteiger partial charge in [-0.1, -0.05) is 11.6 Å². The first-order valence-electron chi connectivity index (χ1n) is 7.90. The molecule has 13 heteroatoms. The first-order chi connectivity index (χ1) is 13.5. The van der Waals surface area contributed by atoms with E-state index in [0.717, 1.165) is 18.5 Å². The summed E-state index contributed by atoms with van der Waals surface area (Å²) in [5.41, 5.74) is -0.575. The Balaban J connectivity index is 2.03. The van der Waals surface area contributed by atoms with E-state index in [9.17, 15) is 30.6 Å². The zero-order valence-corrected chi connectivity index (χ0v) is 16.3. The molecule has 0 aliphatic rings. The molecule has 1 heterocycles. The van der Waals surface area contributed by atoms with Gasteiger partial charge in [0.15, 0.2) is 11.6 Å². The summed E-state index contributed by atoms with van der Waals surface area (Å²) in [5, 5.41) is 2.22. The van der Waals surface area contributed by atoms with Crippen molar-refractivity contribution in [2.45, 2.75) is 24.4 Å². The second-order valence-corrected chi connectivity index (χ2v) is 7.45. The molecule has 0 radical (unpaired) electrons. The maximum absolute atomic E-state index is 14.0. The summed E-state index contributed by atoms with van der Waals surface area (Å²) in [7, 11) is -2.42. The van der Waals surface area contributed by atoms with Gasteiger partial charge in [0.05, 0.1) is 17.3 Å². The van der Waals surface area contributed by atoms with E-state index in [1.165, 1.54) is 6.92 Å². The highest BCUT2D eigenvalue weighted by Gasteiger charge is 2.32. The third-order valence-electron chi connectivity index (χ3n) is 3.44. The summed E-state index contributed by atoms with van der Waals surface area (Å²) in [6.45, 7) is 1.07. The molecule has 29 heavy (non-hydrogen) atoms. The Kier molecular flexibility index (Phi) is 7.69. The molecule has 1 aromatic heterocycles. The molecular formula is C16H14ClF6N3O2S. The van der Waals surface area contributed by atoms with Crippen molar-refractivity contribution in [1.82, 2.24) is 9.97 Å². The number of nitrogens with one attached hydrogen (secondary N) is 1. The van der Waals surface area contributed by atoms with Gasteiger partial charge in [-0.15, -0.1) is 0 Å². The zero-order valence-electron chi connectivity index (χ0n) is 14.7. The van der Waals surface area contributed by atoms with Crippen molar-refractivity contribution in [1.29, 1.82) is 0 Å². The van der Waals surface area contributed by atoms with Crippen molar-refractivity contribution in [2.24, 2.45) is 0 Å². The molecule has 160 valence electrons. The molecule has 0 saturated heterocycles. The molecule has 0 amide bonds. The number of halogens is 7. The summed E-state index contributed by atoms with van der Waals surface area (Å²) in [6, 6.07) is 1.86. The molecule has 0 fully saturated rings. The van der Waals surface area contributed by atoms with Crippen LogP contribution < -0.4 is 10.1 Å². The van der Waals surface area contributed by atoms with E-state index in [1.807, 2.05) is 0 Å². The number of ether oxygens (including phenoxy) is 1. The van der Waals surface area contributed by atoms with Crippen molar-refractivity contribution < 1.29 is 35.3 Å². The van der Waals surface area contributed by atoms with Gasteiger partial charge >= 0.3 is 6.18 Å².